The Bertz CT molecular complexity index is 708. The van der Waals surface area contributed by atoms with Crippen LogP contribution in [-0.2, 0) is 29.4 Å². The molecule has 1 saturated carbocycles. The van der Waals surface area contributed by atoms with E-state index >= 15 is 0 Å². The summed E-state index contributed by atoms with van der Waals surface area (Å²) in [6.07, 6.45) is 5.28. The second-order valence-corrected chi connectivity index (χ2v) is 9.00. The first-order valence-corrected chi connectivity index (χ1v) is 10.6. The molecule has 5 nitrogen and oxygen atoms in total. The summed E-state index contributed by atoms with van der Waals surface area (Å²) < 4.78 is 39.0. The summed E-state index contributed by atoms with van der Waals surface area (Å²) in [5.74, 6) is 2.08. The topological polar surface area (TPSA) is 55.8 Å². The van der Waals surface area contributed by atoms with Crippen LogP contribution < -0.4 is 9.47 Å². The molecule has 132 valence electrons. The van der Waals surface area contributed by atoms with E-state index in [0.29, 0.717) is 19.8 Å². The van der Waals surface area contributed by atoms with E-state index in [4.69, 9.17) is 9.47 Å². The smallest absolute Gasteiger partial charge is 0.214 e. The van der Waals surface area contributed by atoms with E-state index in [1.807, 2.05) is 6.92 Å². The van der Waals surface area contributed by atoms with Crippen molar-refractivity contribution in [2.75, 3.05) is 19.0 Å². The summed E-state index contributed by atoms with van der Waals surface area (Å²) >= 11 is 0. The van der Waals surface area contributed by atoms with Gasteiger partial charge in [-0.2, -0.15) is 4.31 Å². The molecule has 0 radical (unpaired) electrons. The van der Waals surface area contributed by atoms with Crippen LogP contribution in [0.4, 0.5) is 0 Å². The highest BCUT2D eigenvalue weighted by atomic mass is 32.2. The second kappa shape index (κ2) is 6.23. The number of nitrogens with zero attached hydrogens (tertiary/aromatic N) is 1. The Morgan fingerprint density at radius 3 is 2.75 bits per heavy atom. The van der Waals surface area contributed by atoms with Gasteiger partial charge < -0.3 is 9.47 Å². The number of benzene rings is 1. The molecule has 0 amide bonds. The molecule has 0 spiro atoms. The summed E-state index contributed by atoms with van der Waals surface area (Å²) in [7, 11) is -3.22. The molecule has 3 aliphatic rings. The predicted molar refractivity (Wildman–Crippen MR) is 92.1 cm³/mol. The van der Waals surface area contributed by atoms with E-state index in [2.05, 4.69) is 6.07 Å². The molecular formula is C18H25NO4S. The van der Waals surface area contributed by atoms with Crippen molar-refractivity contribution < 1.29 is 17.9 Å². The average Bonchev–Trinajstić information content (AvgIpc) is 3.08. The first kappa shape index (κ1) is 16.2. The summed E-state index contributed by atoms with van der Waals surface area (Å²) in [5, 5.41) is 0. The summed E-state index contributed by atoms with van der Waals surface area (Å²) in [4.78, 5) is 0. The molecule has 0 aromatic heterocycles. The fourth-order valence-electron chi connectivity index (χ4n) is 3.67. The Hall–Kier alpha value is -1.27. The van der Waals surface area contributed by atoms with Crippen LogP contribution in [0.5, 0.6) is 11.5 Å². The minimum atomic E-state index is -3.22. The van der Waals surface area contributed by atoms with Crippen molar-refractivity contribution in [3.63, 3.8) is 0 Å². The van der Waals surface area contributed by atoms with Gasteiger partial charge in [-0.15, -0.1) is 0 Å². The Labute approximate surface area is 144 Å². The minimum Gasteiger partial charge on any atom is -0.493 e. The summed E-state index contributed by atoms with van der Waals surface area (Å²) in [6, 6.07) is 2.25. The fourth-order valence-corrected chi connectivity index (χ4v) is 5.55. The number of unbranched alkanes of at least 4 members (excludes halogenated alkanes) is 1. The third-order valence-corrected chi connectivity index (χ3v) is 7.09. The Kier molecular flexibility index (Phi) is 4.21. The van der Waals surface area contributed by atoms with Gasteiger partial charge in [-0.1, -0.05) is 13.3 Å². The van der Waals surface area contributed by atoms with Crippen LogP contribution in [-0.4, -0.2) is 37.7 Å². The van der Waals surface area contributed by atoms with Crippen molar-refractivity contribution in [3.8, 4) is 11.5 Å². The van der Waals surface area contributed by atoms with E-state index in [-0.39, 0.29) is 11.8 Å². The van der Waals surface area contributed by atoms with E-state index in [9.17, 15) is 8.42 Å². The van der Waals surface area contributed by atoms with Gasteiger partial charge in [0.2, 0.25) is 10.0 Å². The van der Waals surface area contributed by atoms with Crippen molar-refractivity contribution >= 4 is 10.0 Å². The van der Waals surface area contributed by atoms with Crippen molar-refractivity contribution in [2.45, 2.75) is 58.0 Å². The molecule has 0 bridgehead atoms. The molecule has 4 rings (SSSR count). The second-order valence-electron chi connectivity index (χ2n) is 6.96. The SMILES string of the molecule is CCCCS(=O)(=O)N(Cc1c2c(cc3c1OCC3)OCC2)C1CC1. The van der Waals surface area contributed by atoms with Crippen LogP contribution >= 0.6 is 0 Å². The largest absolute Gasteiger partial charge is 0.493 e. The van der Waals surface area contributed by atoms with E-state index in [1.54, 1.807) is 4.31 Å². The molecule has 0 atom stereocenters. The first-order valence-electron chi connectivity index (χ1n) is 9.03. The molecule has 24 heavy (non-hydrogen) atoms. The molecule has 1 aliphatic carbocycles. The molecule has 1 aromatic rings. The molecule has 0 saturated heterocycles. The van der Waals surface area contributed by atoms with E-state index in [1.165, 1.54) is 0 Å². The number of hydrogen-bond donors (Lipinski definition) is 0. The number of ether oxygens (including phenoxy) is 2. The van der Waals surface area contributed by atoms with Gasteiger partial charge in [0, 0.05) is 42.1 Å². The van der Waals surface area contributed by atoms with Crippen LogP contribution in [0.15, 0.2) is 6.07 Å². The zero-order chi connectivity index (χ0) is 16.7. The van der Waals surface area contributed by atoms with Gasteiger partial charge in [0.1, 0.15) is 11.5 Å². The Morgan fingerprint density at radius 1 is 1.21 bits per heavy atom. The van der Waals surface area contributed by atoms with Gasteiger partial charge in [0.25, 0.3) is 0 Å². The first-order chi connectivity index (χ1) is 11.6. The Morgan fingerprint density at radius 2 is 2.00 bits per heavy atom. The quantitative estimate of drug-likeness (QED) is 0.758. The van der Waals surface area contributed by atoms with Crippen molar-refractivity contribution in [3.05, 3.63) is 22.8 Å². The molecular weight excluding hydrogens is 326 g/mol. The van der Waals surface area contributed by atoms with Gasteiger partial charge in [-0.05, 0) is 25.3 Å². The van der Waals surface area contributed by atoms with Crippen LogP contribution in [0.25, 0.3) is 0 Å². The molecule has 2 heterocycles. The monoisotopic (exact) mass is 351 g/mol. The lowest BCUT2D eigenvalue weighted by molar-refractivity contribution is 0.341. The lowest BCUT2D eigenvalue weighted by atomic mass is 9.99. The predicted octanol–water partition coefficient (Wildman–Crippen LogP) is 2.65. The lowest BCUT2D eigenvalue weighted by Gasteiger charge is -2.24. The average molecular weight is 351 g/mol. The van der Waals surface area contributed by atoms with Crippen molar-refractivity contribution in [1.82, 2.24) is 4.31 Å². The summed E-state index contributed by atoms with van der Waals surface area (Å²) in [6.45, 7) is 3.82. The van der Waals surface area contributed by atoms with Gasteiger partial charge in [-0.3, -0.25) is 0 Å². The number of fused-ring (bicyclic) bond motifs is 2. The number of sulfonamides is 1. The molecule has 2 aliphatic heterocycles. The normalized spacial score (nSPS) is 19.1. The van der Waals surface area contributed by atoms with Crippen LogP contribution in [0.1, 0.15) is 49.3 Å². The van der Waals surface area contributed by atoms with Crippen LogP contribution in [0.2, 0.25) is 0 Å². The zero-order valence-corrected chi connectivity index (χ0v) is 15.0. The molecule has 1 aromatic carbocycles. The minimum absolute atomic E-state index is 0.169. The maximum atomic E-state index is 12.8. The fraction of sp³-hybridized carbons (Fsp3) is 0.667. The van der Waals surface area contributed by atoms with Crippen molar-refractivity contribution in [1.29, 1.82) is 0 Å². The van der Waals surface area contributed by atoms with E-state index < -0.39 is 10.0 Å². The van der Waals surface area contributed by atoms with Gasteiger partial charge in [0.05, 0.1) is 19.0 Å². The standard InChI is InChI=1S/C18H25NO4S/c1-2-3-10-24(20,21)19(14-4-5-14)12-16-15-7-9-22-17(15)11-13-6-8-23-18(13)16/h11,14H,2-10,12H2,1H3. The van der Waals surface area contributed by atoms with Crippen molar-refractivity contribution in [2.24, 2.45) is 0 Å². The van der Waals surface area contributed by atoms with Gasteiger partial charge >= 0.3 is 0 Å². The molecule has 0 N–H and O–H groups in total. The highest BCUT2D eigenvalue weighted by molar-refractivity contribution is 7.89. The maximum Gasteiger partial charge on any atom is 0.214 e. The highest BCUT2D eigenvalue weighted by Crippen LogP contribution is 2.43. The maximum absolute atomic E-state index is 12.8. The third kappa shape index (κ3) is 2.90. The number of rotatable bonds is 7. The molecule has 6 heteroatoms. The zero-order valence-electron chi connectivity index (χ0n) is 14.2. The number of hydrogen-bond acceptors (Lipinski definition) is 4. The van der Waals surface area contributed by atoms with Crippen LogP contribution in [0.3, 0.4) is 0 Å². The third-order valence-electron chi connectivity index (χ3n) is 5.14. The van der Waals surface area contributed by atoms with Gasteiger partial charge in [0.15, 0.2) is 0 Å². The van der Waals surface area contributed by atoms with E-state index in [0.717, 1.165) is 66.7 Å². The molecule has 1 fully saturated rings. The highest BCUT2D eigenvalue weighted by Gasteiger charge is 2.39. The van der Waals surface area contributed by atoms with Crippen LogP contribution in [0, 0.1) is 0 Å². The lowest BCUT2D eigenvalue weighted by Crippen LogP contribution is -2.35. The Balaban J connectivity index is 1.69. The molecule has 0 unspecified atom stereocenters. The summed E-state index contributed by atoms with van der Waals surface area (Å²) in [5.41, 5.74) is 3.35. The van der Waals surface area contributed by atoms with Gasteiger partial charge in [-0.25, -0.2) is 8.42 Å².